The number of ether oxygens (including phenoxy) is 1. The van der Waals surface area contributed by atoms with E-state index in [2.05, 4.69) is 15.9 Å². The van der Waals surface area contributed by atoms with E-state index in [1.807, 2.05) is 24.3 Å². The molecule has 2 atom stereocenters. The van der Waals surface area contributed by atoms with Gasteiger partial charge in [0, 0.05) is 10.9 Å². The second kappa shape index (κ2) is 6.23. The van der Waals surface area contributed by atoms with E-state index >= 15 is 0 Å². The summed E-state index contributed by atoms with van der Waals surface area (Å²) in [7, 11) is 0. The van der Waals surface area contributed by atoms with Gasteiger partial charge in [-0.2, -0.15) is 0 Å². The number of carboxylic acid groups (broad SMARTS) is 2. The van der Waals surface area contributed by atoms with Gasteiger partial charge < -0.3 is 14.9 Å². The van der Waals surface area contributed by atoms with Crippen LogP contribution in [0.15, 0.2) is 28.7 Å². The third-order valence-corrected chi connectivity index (χ3v) is 3.66. The fourth-order valence-electron chi connectivity index (χ4n) is 2.20. The number of hydrogen-bond donors (Lipinski definition) is 2. The van der Waals surface area contributed by atoms with Crippen LogP contribution in [-0.4, -0.2) is 45.9 Å². The molecule has 20 heavy (non-hydrogen) atoms. The van der Waals surface area contributed by atoms with Crippen molar-refractivity contribution in [1.29, 1.82) is 0 Å². The number of hydrogen-bond acceptors (Lipinski definition) is 3. The Hall–Kier alpha value is -1.60. The molecule has 2 rings (SSSR count). The lowest BCUT2D eigenvalue weighted by Crippen LogP contribution is -2.39. The lowest BCUT2D eigenvalue weighted by Gasteiger charge is -2.16. The Morgan fingerprint density at radius 1 is 1.40 bits per heavy atom. The third-order valence-electron chi connectivity index (χ3n) is 3.17. The van der Waals surface area contributed by atoms with Crippen molar-refractivity contribution < 1.29 is 24.5 Å². The van der Waals surface area contributed by atoms with Gasteiger partial charge >= 0.3 is 12.1 Å². The van der Waals surface area contributed by atoms with Crippen LogP contribution < -0.4 is 0 Å². The van der Waals surface area contributed by atoms with Gasteiger partial charge in [-0.05, 0) is 17.7 Å². The average molecular weight is 344 g/mol. The smallest absolute Gasteiger partial charge is 0.408 e. The average Bonchev–Trinajstić information content (AvgIpc) is 2.81. The molecule has 7 heteroatoms. The van der Waals surface area contributed by atoms with Crippen LogP contribution in [0.3, 0.4) is 0 Å². The zero-order valence-corrected chi connectivity index (χ0v) is 12.1. The van der Waals surface area contributed by atoms with Gasteiger partial charge in [-0.25, -0.2) is 9.59 Å². The number of benzene rings is 1. The number of carbonyl (C=O) groups is 2. The van der Waals surface area contributed by atoms with Crippen molar-refractivity contribution in [2.24, 2.45) is 0 Å². The Balaban J connectivity index is 1.95. The lowest BCUT2D eigenvalue weighted by atomic mass is 10.2. The number of carboxylic acids is 1. The summed E-state index contributed by atoms with van der Waals surface area (Å²) < 4.78 is 6.55. The summed E-state index contributed by atoms with van der Waals surface area (Å²) in [6.07, 6.45) is -1.45. The first-order valence-corrected chi connectivity index (χ1v) is 6.85. The van der Waals surface area contributed by atoms with E-state index < -0.39 is 24.2 Å². The van der Waals surface area contributed by atoms with E-state index in [-0.39, 0.29) is 13.0 Å². The first-order valence-electron chi connectivity index (χ1n) is 6.06. The fourth-order valence-corrected chi connectivity index (χ4v) is 2.65. The predicted molar refractivity (Wildman–Crippen MR) is 73.5 cm³/mol. The molecule has 0 spiro atoms. The van der Waals surface area contributed by atoms with Gasteiger partial charge in [-0.1, -0.05) is 28.1 Å². The molecule has 0 bridgehead atoms. The molecule has 1 amide bonds. The topological polar surface area (TPSA) is 87.1 Å². The van der Waals surface area contributed by atoms with Crippen molar-refractivity contribution in [2.75, 3.05) is 6.54 Å². The number of likely N-dealkylation sites (tertiary alicyclic amines) is 1. The molecule has 0 radical (unpaired) electrons. The van der Waals surface area contributed by atoms with Gasteiger partial charge in [-0.3, -0.25) is 4.90 Å². The predicted octanol–water partition coefficient (Wildman–Crippen LogP) is 2.17. The van der Waals surface area contributed by atoms with E-state index in [1.165, 1.54) is 0 Å². The van der Waals surface area contributed by atoms with Gasteiger partial charge in [-0.15, -0.1) is 0 Å². The minimum Gasteiger partial charge on any atom is -0.480 e. The standard InChI is InChI=1S/C13H14BrNO5/c14-9-3-1-2-8(4-9)7-20-10-5-11(12(16)17)15(6-10)13(18)19/h1-4,10-11H,5-7H2,(H,16,17)(H,18,19). The molecule has 0 aromatic heterocycles. The zero-order valence-electron chi connectivity index (χ0n) is 10.5. The summed E-state index contributed by atoms with van der Waals surface area (Å²) in [5.74, 6) is -1.14. The number of nitrogens with zero attached hydrogens (tertiary/aromatic N) is 1. The molecule has 108 valence electrons. The van der Waals surface area contributed by atoms with Crippen LogP contribution >= 0.6 is 15.9 Å². The Labute approximate surface area is 124 Å². The summed E-state index contributed by atoms with van der Waals surface area (Å²) in [5.41, 5.74) is 0.944. The maximum Gasteiger partial charge on any atom is 0.408 e. The van der Waals surface area contributed by atoms with Crippen LogP contribution in [0.2, 0.25) is 0 Å². The van der Waals surface area contributed by atoms with E-state index in [9.17, 15) is 9.59 Å². The number of halogens is 1. The largest absolute Gasteiger partial charge is 0.480 e. The molecule has 2 unspecified atom stereocenters. The minimum atomic E-state index is -1.23. The van der Waals surface area contributed by atoms with Crippen molar-refractivity contribution in [3.8, 4) is 0 Å². The van der Waals surface area contributed by atoms with Crippen molar-refractivity contribution in [3.05, 3.63) is 34.3 Å². The molecule has 1 aromatic carbocycles. The molecule has 1 aliphatic heterocycles. The fraction of sp³-hybridized carbons (Fsp3) is 0.385. The van der Waals surface area contributed by atoms with Crippen LogP contribution in [0.4, 0.5) is 4.79 Å². The van der Waals surface area contributed by atoms with Crippen LogP contribution in [-0.2, 0) is 16.1 Å². The van der Waals surface area contributed by atoms with Crippen LogP contribution in [0.5, 0.6) is 0 Å². The van der Waals surface area contributed by atoms with Crippen molar-refractivity contribution >= 4 is 28.0 Å². The van der Waals surface area contributed by atoms with Gasteiger partial charge in [0.25, 0.3) is 0 Å². The Kier molecular flexibility index (Phi) is 4.61. The Bertz CT molecular complexity index is 499. The first kappa shape index (κ1) is 14.8. The van der Waals surface area contributed by atoms with E-state index in [0.717, 1.165) is 14.9 Å². The molecule has 1 aliphatic rings. The monoisotopic (exact) mass is 343 g/mol. The van der Waals surface area contributed by atoms with Crippen LogP contribution in [0, 0.1) is 0 Å². The normalized spacial score (nSPS) is 21.9. The van der Waals surface area contributed by atoms with E-state index in [1.54, 1.807) is 0 Å². The first-order chi connectivity index (χ1) is 9.47. The summed E-state index contributed by atoms with van der Waals surface area (Å²) in [5, 5.41) is 18.0. The number of aliphatic carboxylic acids is 1. The quantitative estimate of drug-likeness (QED) is 0.874. The highest BCUT2D eigenvalue weighted by atomic mass is 79.9. The highest BCUT2D eigenvalue weighted by molar-refractivity contribution is 9.10. The molecule has 1 fully saturated rings. The molecule has 0 aliphatic carbocycles. The van der Waals surface area contributed by atoms with Gasteiger partial charge in [0.15, 0.2) is 0 Å². The van der Waals surface area contributed by atoms with Gasteiger partial charge in [0.2, 0.25) is 0 Å². The molecule has 2 N–H and O–H groups in total. The summed E-state index contributed by atoms with van der Waals surface area (Å²) >= 11 is 3.35. The molecule has 1 aromatic rings. The van der Waals surface area contributed by atoms with Gasteiger partial charge in [0.1, 0.15) is 6.04 Å². The zero-order chi connectivity index (χ0) is 14.7. The number of amides is 1. The van der Waals surface area contributed by atoms with Crippen molar-refractivity contribution in [3.63, 3.8) is 0 Å². The van der Waals surface area contributed by atoms with E-state index in [0.29, 0.717) is 6.61 Å². The number of rotatable bonds is 4. The molecule has 1 heterocycles. The summed E-state index contributed by atoms with van der Waals surface area (Å²) in [6.45, 7) is 0.407. The van der Waals surface area contributed by atoms with Crippen LogP contribution in [0.1, 0.15) is 12.0 Å². The molecular weight excluding hydrogens is 330 g/mol. The lowest BCUT2D eigenvalue weighted by molar-refractivity contribution is -0.141. The highest BCUT2D eigenvalue weighted by Crippen LogP contribution is 2.22. The molecule has 6 nitrogen and oxygen atoms in total. The summed E-state index contributed by atoms with van der Waals surface area (Å²) in [4.78, 5) is 22.9. The Morgan fingerprint density at radius 2 is 2.15 bits per heavy atom. The summed E-state index contributed by atoms with van der Waals surface area (Å²) in [6, 6.07) is 6.54. The van der Waals surface area contributed by atoms with Crippen molar-refractivity contribution in [2.45, 2.75) is 25.2 Å². The molecule has 0 saturated carbocycles. The molecular formula is C13H14BrNO5. The maximum atomic E-state index is 11.0. The van der Waals surface area contributed by atoms with Crippen molar-refractivity contribution in [1.82, 2.24) is 4.90 Å². The van der Waals surface area contributed by atoms with Gasteiger partial charge in [0.05, 0.1) is 19.3 Å². The maximum absolute atomic E-state index is 11.0. The Morgan fingerprint density at radius 3 is 2.70 bits per heavy atom. The SMILES string of the molecule is O=C(O)C1CC(OCc2cccc(Br)c2)CN1C(=O)O. The third kappa shape index (κ3) is 3.49. The van der Waals surface area contributed by atoms with Crippen LogP contribution in [0.25, 0.3) is 0 Å². The second-order valence-electron chi connectivity index (χ2n) is 4.59. The minimum absolute atomic E-state index is 0.0836. The second-order valence-corrected chi connectivity index (χ2v) is 5.50. The molecule has 1 saturated heterocycles. The highest BCUT2D eigenvalue weighted by Gasteiger charge is 2.40. The van der Waals surface area contributed by atoms with E-state index in [4.69, 9.17) is 14.9 Å².